The van der Waals surface area contributed by atoms with Gasteiger partial charge in [0.15, 0.2) is 0 Å². The Morgan fingerprint density at radius 3 is 1.55 bits per heavy atom. The van der Waals surface area contributed by atoms with Crippen molar-refractivity contribution in [2.24, 2.45) is 0 Å². The van der Waals surface area contributed by atoms with Gasteiger partial charge in [-0.2, -0.15) is 13.2 Å². The van der Waals surface area contributed by atoms with E-state index in [2.05, 4.69) is 64.9 Å². The standard InChI is InChI=1S/C26H31ClN6O2.C23H29ClN6O.C3H3ClO.C2HF3O2/c1-2-23(34)33-12-10-32(11-13-33)17-26(35)9-5-6-18(14-26)30-25-29-16-21(27)24(31-25)20-15-28-22-8-4-3-7-19(20)22;24-19-14-27-22(29-21(19)18-13-26-20-6-2-1-5-17(18)20)28-16-4-3-7-23(31,12-16)15-30-10-8-25-9-11-30;1-2-3(4)5;3-2(4,5)1(6)7/h2-4,7-8,15-16,18,28,35H,1,5-6,9-14,17H2,(H,29,30,31);1-2,5-6,13-14,16,25-26,31H,3-4,7-12,15H2,(H,27,28,29);2H,1H2;(H,6,7)/t18-,26?;16-,23?;;/m11../s1. The maximum atomic E-state index is 11.8. The van der Waals surface area contributed by atoms with Gasteiger partial charge in [0.05, 0.1) is 45.0 Å². The summed E-state index contributed by atoms with van der Waals surface area (Å²) in [6, 6.07) is 16.4. The van der Waals surface area contributed by atoms with Crippen LogP contribution >= 0.6 is 34.8 Å². The number of anilines is 2. The number of fused-ring (bicyclic) bond motifs is 2. The summed E-state index contributed by atoms with van der Waals surface area (Å²) >= 11 is 17.7. The number of nitrogens with one attached hydrogen (secondary N) is 5. The highest BCUT2D eigenvalue weighted by Crippen LogP contribution is 2.37. The van der Waals surface area contributed by atoms with Crippen molar-refractivity contribution >= 4 is 85.6 Å². The third kappa shape index (κ3) is 16.4. The van der Waals surface area contributed by atoms with Gasteiger partial charge < -0.3 is 46.1 Å². The molecule has 2 saturated carbocycles. The average Bonchev–Trinajstić information content (AvgIpc) is 4.06. The van der Waals surface area contributed by atoms with E-state index in [9.17, 15) is 33.0 Å². The largest absolute Gasteiger partial charge is 0.490 e. The van der Waals surface area contributed by atoms with Crippen LogP contribution in [0.3, 0.4) is 0 Å². The number of halogens is 6. The predicted octanol–water partition coefficient (Wildman–Crippen LogP) is 8.53. The van der Waals surface area contributed by atoms with Crippen molar-refractivity contribution in [1.29, 1.82) is 0 Å². The number of aliphatic hydroxyl groups is 2. The number of allylic oxidation sites excluding steroid dienone is 1. The highest BCUT2D eigenvalue weighted by atomic mass is 35.5. The number of hydrogen-bond acceptors (Lipinski definition) is 14. The number of piperazine rings is 2. The van der Waals surface area contributed by atoms with Crippen LogP contribution in [-0.2, 0) is 14.4 Å². The van der Waals surface area contributed by atoms with Crippen molar-refractivity contribution < 1.29 is 42.9 Å². The summed E-state index contributed by atoms with van der Waals surface area (Å²) in [7, 11) is 0. The molecule has 4 aliphatic rings. The number of alkyl halides is 3. The molecule has 2 unspecified atom stereocenters. The van der Waals surface area contributed by atoms with E-state index in [-0.39, 0.29) is 18.0 Å². The number of aliphatic carboxylic acids is 1. The smallest absolute Gasteiger partial charge is 0.475 e. The lowest BCUT2D eigenvalue weighted by atomic mass is 9.81. The fourth-order valence-electron chi connectivity index (χ4n) is 10.3. The van der Waals surface area contributed by atoms with E-state index >= 15 is 0 Å². The zero-order valence-electron chi connectivity index (χ0n) is 42.8. The summed E-state index contributed by atoms with van der Waals surface area (Å²) in [6.07, 6.45) is 11.3. The summed E-state index contributed by atoms with van der Waals surface area (Å²) in [6.45, 7) is 14.8. The molecule has 0 radical (unpaired) electrons. The first kappa shape index (κ1) is 59.5. The van der Waals surface area contributed by atoms with Crippen LogP contribution in [0.25, 0.3) is 44.3 Å². The molecular formula is C54H64Cl3F3N12O6. The van der Waals surface area contributed by atoms with Crippen molar-refractivity contribution in [3.05, 3.63) is 109 Å². The molecule has 2 aromatic carbocycles. The molecule has 0 bridgehead atoms. The Balaban J connectivity index is 0.000000188. The second-order valence-corrected chi connectivity index (χ2v) is 20.9. The lowest BCUT2D eigenvalue weighted by molar-refractivity contribution is -0.192. The van der Waals surface area contributed by atoms with Gasteiger partial charge in [-0.3, -0.25) is 19.4 Å². The van der Waals surface area contributed by atoms with Crippen LogP contribution in [0, 0.1) is 0 Å². The van der Waals surface area contributed by atoms with Gasteiger partial charge in [0.1, 0.15) is 0 Å². The Kier molecular flexibility index (Phi) is 20.7. The Morgan fingerprint density at radius 2 is 1.14 bits per heavy atom. The van der Waals surface area contributed by atoms with E-state index in [1.165, 1.54) is 6.08 Å². The average molecular weight is 1140 g/mol. The van der Waals surface area contributed by atoms with Crippen LogP contribution in [0.5, 0.6) is 0 Å². The maximum absolute atomic E-state index is 11.8. The number of carbonyl (C=O) groups excluding carboxylic acids is 2. The molecule has 4 atom stereocenters. The van der Waals surface area contributed by atoms with Gasteiger partial charge in [-0.1, -0.05) is 72.8 Å². The second kappa shape index (κ2) is 27.1. The van der Waals surface area contributed by atoms with Gasteiger partial charge in [0.2, 0.25) is 23.0 Å². The highest BCUT2D eigenvalue weighted by Gasteiger charge is 2.39. The van der Waals surface area contributed by atoms with Gasteiger partial charge in [-0.15, -0.1) is 0 Å². The predicted molar refractivity (Wildman–Crippen MR) is 298 cm³/mol. The van der Waals surface area contributed by atoms with E-state index in [0.717, 1.165) is 123 Å². The van der Waals surface area contributed by atoms with Gasteiger partial charge in [-0.25, -0.2) is 24.7 Å². The number of benzene rings is 2. The molecule has 2 aliphatic heterocycles. The Bertz CT molecular complexity index is 3020. The number of aromatic amines is 2. The quantitative estimate of drug-likeness (QED) is 0.0423. The molecule has 8 N–H and O–H groups in total. The Labute approximate surface area is 464 Å². The molecular weight excluding hydrogens is 1080 g/mol. The molecule has 6 heterocycles. The molecule has 2 aliphatic carbocycles. The number of carbonyl (C=O) groups is 3. The molecule has 78 heavy (non-hydrogen) atoms. The molecule has 6 aromatic rings. The van der Waals surface area contributed by atoms with Crippen LogP contribution in [0.15, 0.2) is 98.6 Å². The number of aromatic nitrogens is 6. The van der Waals surface area contributed by atoms with Crippen LogP contribution in [0.2, 0.25) is 10.0 Å². The van der Waals surface area contributed by atoms with Gasteiger partial charge in [0, 0.05) is 123 Å². The Morgan fingerprint density at radius 1 is 0.718 bits per heavy atom. The van der Waals surface area contributed by atoms with E-state index in [4.69, 9.17) is 54.7 Å². The lowest BCUT2D eigenvalue weighted by Crippen LogP contribution is -2.54. The third-order valence-electron chi connectivity index (χ3n) is 14.0. The highest BCUT2D eigenvalue weighted by molar-refractivity contribution is 6.66. The van der Waals surface area contributed by atoms with Crippen LogP contribution < -0.4 is 16.0 Å². The monoisotopic (exact) mass is 1140 g/mol. The third-order valence-corrected chi connectivity index (χ3v) is 14.7. The van der Waals surface area contributed by atoms with E-state index < -0.39 is 28.6 Å². The summed E-state index contributed by atoms with van der Waals surface area (Å²) < 4.78 is 31.7. The molecule has 1 amide bonds. The zero-order chi connectivity index (χ0) is 56.0. The van der Waals surface area contributed by atoms with E-state index in [0.29, 0.717) is 65.8 Å². The van der Waals surface area contributed by atoms with E-state index in [1.807, 2.05) is 59.8 Å². The molecule has 418 valence electrons. The molecule has 10 rings (SSSR count). The number of H-pyrrole nitrogens is 2. The molecule has 24 heteroatoms. The topological polar surface area (TPSA) is 241 Å². The summed E-state index contributed by atoms with van der Waals surface area (Å²) in [5.74, 6) is -1.71. The number of β-amino-alcohol motifs (C(OH)–C–C–N with tert-alkyl or cyclic N) is 2. The molecule has 2 saturated heterocycles. The number of amides is 1. The van der Waals surface area contributed by atoms with Crippen LogP contribution in [0.4, 0.5) is 25.1 Å². The fraction of sp³-hybridized carbons (Fsp3) is 0.426. The number of rotatable bonds is 12. The first-order chi connectivity index (χ1) is 37.2. The Hall–Kier alpha value is -6.17. The van der Waals surface area contributed by atoms with Crippen molar-refractivity contribution in [2.45, 2.75) is 80.8 Å². The van der Waals surface area contributed by atoms with Gasteiger partial charge >= 0.3 is 12.1 Å². The van der Waals surface area contributed by atoms with Crippen LogP contribution in [0.1, 0.15) is 51.4 Å². The molecule has 0 spiro atoms. The molecule has 4 fully saturated rings. The summed E-state index contributed by atoms with van der Waals surface area (Å²) in [5, 5.41) is 42.7. The number of carboxylic acids is 1. The van der Waals surface area contributed by atoms with Crippen molar-refractivity contribution in [2.75, 3.05) is 76.1 Å². The van der Waals surface area contributed by atoms with Crippen molar-refractivity contribution in [3.63, 3.8) is 0 Å². The number of nitrogens with zero attached hydrogens (tertiary/aromatic N) is 7. The van der Waals surface area contributed by atoms with Crippen molar-refractivity contribution in [1.82, 2.24) is 49.9 Å². The lowest BCUT2D eigenvalue weighted by Gasteiger charge is -2.42. The molecule has 4 aromatic heterocycles. The van der Waals surface area contributed by atoms with Gasteiger partial charge in [0.25, 0.3) is 0 Å². The minimum absolute atomic E-state index is 0.0275. The van der Waals surface area contributed by atoms with E-state index in [1.54, 1.807) is 12.4 Å². The second-order valence-electron chi connectivity index (χ2n) is 19.7. The normalized spacial score (nSPS) is 21.9. The maximum Gasteiger partial charge on any atom is 0.490 e. The van der Waals surface area contributed by atoms with Gasteiger partial charge in [-0.05, 0) is 87.3 Å². The molecule has 18 nitrogen and oxygen atoms in total. The first-order valence-electron chi connectivity index (χ1n) is 25.6. The SMILES string of the molecule is C=CC(=O)Cl.C=CC(=O)N1CCN(CC2(O)CCC[C@@H](Nc3ncc(Cl)c(-c4c[nH]c5ccccc45)n3)C2)CC1.O=C(O)C(F)(F)F.OC1(CN2CCNCC2)CCC[C@@H](Nc2ncc(Cl)c(-c3c[nH]c4ccccc34)n2)C1. The van der Waals surface area contributed by atoms with Crippen molar-refractivity contribution in [3.8, 4) is 22.5 Å². The first-order valence-corrected chi connectivity index (χ1v) is 26.7. The number of carboxylic acid groups (broad SMARTS) is 1. The zero-order valence-corrected chi connectivity index (χ0v) is 45.1. The minimum atomic E-state index is -5.08. The summed E-state index contributed by atoms with van der Waals surface area (Å²) in [5.41, 5.74) is 3.91. The fourth-order valence-corrected chi connectivity index (χ4v) is 10.7. The number of para-hydroxylation sites is 2. The minimum Gasteiger partial charge on any atom is -0.475 e. The summed E-state index contributed by atoms with van der Waals surface area (Å²) in [4.78, 5) is 61.5. The number of hydrogen-bond donors (Lipinski definition) is 8. The van der Waals surface area contributed by atoms with Crippen LogP contribution in [-0.4, -0.2) is 172 Å².